The molecule has 0 aromatic carbocycles. The number of aliphatic hydroxyl groups excluding tert-OH is 24. The van der Waals surface area contributed by atoms with Crippen molar-refractivity contribution in [1.29, 1.82) is 0 Å². The Labute approximate surface area is 760 Å². The van der Waals surface area contributed by atoms with Gasteiger partial charge in [-0.2, -0.15) is 7.11 Å². The minimum absolute atomic E-state index is 0. The zero-order chi connectivity index (χ0) is 85.1. The molecule has 1 aliphatic heterocycles. The standard InChI is InChI=1S/C39H80O24.C17H36O11.C6H14O3.C3H6O2.C3H8O.CH3O.2K.H2O.2H2.H/c1-3-39(2,26-59-19-35(52)16-56-15-32(49)12-53-9-28(45)4-40)27-60-23-37(21-57-17-33(50)13-54-10-29(46)5-41)63-25-38(62-24-36(8-44)61-20-31(48)7-43)22-58-18-34(51)14-55-11-30(47)6-42;1-2-24-10-17(28-12-16(5-20)27-9-14(22)4-19)11-26-8-15(23)7-25-6-13(21)3-18;1-2-6(3-7,4-8)5-9;4-1-3-2-5-3;1-3(2)4;1-2;;;;;;/h28-38,40-52H,3-27H2,1-2H3;13-23H,2-12H2,1H3;7-9H,2-5H2,1H3;3-4H,1-2H2;3-4H,1-2H3;1H3;;;1H2;2*1H;/q;;;;;-1;2*+1;;;;-1/i;;;;;;;;;1+2;1+1;. The van der Waals surface area contributed by atoms with Crippen molar-refractivity contribution < 1.29 is 321 Å². The molecule has 1 heterocycles. The molecule has 45 heteroatoms. The molecule has 0 saturated carbocycles. The van der Waals surface area contributed by atoms with Crippen molar-refractivity contribution in [2.45, 2.75) is 164 Å². The zero-order valence-corrected chi connectivity index (χ0v) is 74.9. The molecule has 0 radical (unpaired) electrons. The van der Waals surface area contributed by atoms with Gasteiger partial charge in [0.1, 0.15) is 104 Å². The third-order valence-corrected chi connectivity index (χ3v) is 14.5. The summed E-state index contributed by atoms with van der Waals surface area (Å²) in [5.74, 6) is 0. The summed E-state index contributed by atoms with van der Waals surface area (Å²) >= 11 is 0. The third-order valence-electron chi connectivity index (χ3n) is 14.5. The first-order chi connectivity index (χ1) is 53.0. The molecule has 0 aromatic heterocycles. The van der Waals surface area contributed by atoms with E-state index in [9.17, 15) is 61.3 Å². The molecule has 114 heavy (non-hydrogen) atoms. The maximum absolute atomic E-state index is 10.3. The van der Waals surface area contributed by atoms with Crippen LogP contribution in [0.4, 0.5) is 0 Å². The van der Waals surface area contributed by atoms with Gasteiger partial charge in [-0.15, -0.1) is 0 Å². The molecule has 0 spiro atoms. The molecule has 0 aliphatic carbocycles. The Morgan fingerprint density at radius 2 is 0.544 bits per heavy atom. The van der Waals surface area contributed by atoms with Gasteiger partial charge in [0.25, 0.3) is 0 Å². The van der Waals surface area contributed by atoms with E-state index < -0.39 is 155 Å². The molecule has 0 aromatic rings. The fourth-order valence-corrected chi connectivity index (χ4v) is 7.26. The minimum atomic E-state index is -1.17. The Balaban J connectivity index is -0.000000189. The Bertz CT molecular complexity index is 1850. The van der Waals surface area contributed by atoms with Crippen LogP contribution in [0.25, 0.3) is 0 Å². The van der Waals surface area contributed by atoms with E-state index in [0.717, 1.165) is 13.7 Å². The second-order valence-corrected chi connectivity index (χ2v) is 26.1. The summed E-state index contributed by atoms with van der Waals surface area (Å²) in [6, 6.07) is 0. The van der Waals surface area contributed by atoms with Gasteiger partial charge in [-0.1, -0.05) is 20.8 Å². The predicted octanol–water partition coefficient (Wildman–Crippen LogP) is -17.7. The van der Waals surface area contributed by atoms with Crippen molar-refractivity contribution in [3.05, 3.63) is 0 Å². The van der Waals surface area contributed by atoms with Gasteiger partial charge in [0.05, 0.1) is 258 Å². The second kappa shape index (κ2) is 92.2. The molecule has 1 saturated heterocycles. The van der Waals surface area contributed by atoms with Crippen molar-refractivity contribution in [3.63, 3.8) is 0 Å². The van der Waals surface area contributed by atoms with Gasteiger partial charge in [-0.25, -0.2) is 0 Å². The Hall–Kier alpha value is 1.55. The van der Waals surface area contributed by atoms with Crippen LogP contribution in [-0.4, -0.2) is 509 Å². The fourth-order valence-electron chi connectivity index (χ4n) is 7.26. The van der Waals surface area contributed by atoms with Gasteiger partial charge in [0.2, 0.25) is 0 Å². The molecule has 1 fully saturated rings. The Morgan fingerprint density at radius 3 is 0.754 bits per heavy atom. The first-order valence-electron chi connectivity index (χ1n) is 36.9. The van der Waals surface area contributed by atoms with E-state index >= 15 is 0 Å². The summed E-state index contributed by atoms with van der Waals surface area (Å²) in [5, 5.41) is 230. The summed E-state index contributed by atoms with van der Waals surface area (Å²) in [5.41, 5.74) is -1.19. The number of hydrogen-bond acceptors (Lipinski definition) is 42. The van der Waals surface area contributed by atoms with Crippen molar-refractivity contribution in [1.82, 2.24) is 0 Å². The van der Waals surface area contributed by atoms with E-state index in [1.165, 1.54) is 0 Å². The van der Waals surface area contributed by atoms with Gasteiger partial charge in [0, 0.05) is 26.4 Å². The van der Waals surface area contributed by atoms with Gasteiger partial charge >= 0.3 is 103 Å². The molecule has 1 rings (SSSR count). The van der Waals surface area contributed by atoms with E-state index in [1.54, 1.807) is 13.8 Å². The van der Waals surface area contributed by atoms with E-state index in [2.05, 4.69) is 4.74 Å². The molecular formula is C69H154K2O43. The van der Waals surface area contributed by atoms with Gasteiger partial charge in [-0.05, 0) is 33.6 Å². The number of aliphatic hydroxyl groups is 24. The summed E-state index contributed by atoms with van der Waals surface area (Å²) in [4.78, 5) is 0. The van der Waals surface area contributed by atoms with Crippen LogP contribution in [0, 0.1) is 10.8 Å². The molecule has 18 unspecified atom stereocenters. The number of hydrogen-bond donors (Lipinski definition) is 24. The Kier molecular flexibility index (Phi) is 106. The average Bonchev–Trinajstić information content (AvgIpc) is 1.50. The SMILES string of the molecule is CC(C)O.CCC(C)(COCC(O)COCC(O)COCC(O)CO)COCC(COCC(O)COCC(O)CO)OCC(COCC(O)COCC(O)CO)OCC(CO)OCC(O)CO.CCC(CO)(CO)CO.CCOCC(COCC(O)COCC(O)CO)OCC(CO)OCC(O)CO.C[O-].O.OCC1CO1.[2HH].[3HH].[H-].[K+].[K+]. The maximum atomic E-state index is 10.3. The Morgan fingerprint density at radius 1 is 0.333 bits per heavy atom. The van der Waals surface area contributed by atoms with Crippen LogP contribution in [0.2, 0.25) is 0 Å². The largest absolute Gasteiger partial charge is 1.00 e. The van der Waals surface area contributed by atoms with Crippen molar-refractivity contribution in [2.24, 2.45) is 10.8 Å². The smallest absolute Gasteiger partial charge is 1.00 e. The number of rotatable bonds is 72. The quantitative estimate of drug-likeness (QED) is 0.0199. The van der Waals surface area contributed by atoms with E-state index in [-0.39, 0.29) is 330 Å². The summed E-state index contributed by atoms with van der Waals surface area (Å²) in [6.45, 7) is 6.13. The van der Waals surface area contributed by atoms with Crippen LogP contribution in [0.3, 0.4) is 0 Å². The summed E-state index contributed by atoms with van der Waals surface area (Å²) in [6.07, 6.45) is -13.9. The number of epoxide rings is 1. The monoisotopic (exact) mass is 1750 g/mol. The van der Waals surface area contributed by atoms with Crippen LogP contribution >= 0.6 is 0 Å². The van der Waals surface area contributed by atoms with Crippen LogP contribution in [0.15, 0.2) is 0 Å². The van der Waals surface area contributed by atoms with Crippen LogP contribution < -0.4 is 108 Å². The van der Waals surface area contributed by atoms with Crippen molar-refractivity contribution in [3.8, 4) is 0 Å². The summed E-state index contributed by atoms with van der Waals surface area (Å²) < 4.78 is 92.7. The van der Waals surface area contributed by atoms with Crippen LogP contribution in [0.5, 0.6) is 0 Å². The topological polar surface area (TPSA) is 700 Å². The van der Waals surface area contributed by atoms with Gasteiger partial charge < -0.3 is 215 Å². The van der Waals surface area contributed by atoms with Crippen molar-refractivity contribution >= 4 is 0 Å². The average molecular weight is 1750 g/mol. The van der Waals surface area contributed by atoms with Crippen LogP contribution in [-0.2, 0) is 80.5 Å². The molecular weight excluding hydrogens is 1590 g/mol. The molecule has 0 amide bonds. The molecule has 690 valence electrons. The van der Waals surface area contributed by atoms with E-state index in [4.69, 9.17) is 142 Å². The molecule has 26 N–H and O–H groups in total. The van der Waals surface area contributed by atoms with E-state index in [0.29, 0.717) is 19.4 Å². The third kappa shape index (κ3) is 87.0. The first-order valence-corrected chi connectivity index (χ1v) is 36.9. The number of ether oxygens (including phenoxy) is 17. The second-order valence-electron chi connectivity index (χ2n) is 26.1. The minimum Gasteiger partial charge on any atom is -1.00 e. The molecule has 1 aliphatic rings. The normalized spacial score (nSPS) is 17.3. The van der Waals surface area contributed by atoms with Gasteiger partial charge in [0.15, 0.2) is 0 Å². The zero-order valence-electron chi connectivity index (χ0n) is 69.7. The first kappa shape index (κ1) is 131. The summed E-state index contributed by atoms with van der Waals surface area (Å²) in [7, 11) is 0.750. The predicted molar refractivity (Wildman–Crippen MR) is 398 cm³/mol. The fraction of sp³-hybridized carbons (Fsp3) is 1.00. The van der Waals surface area contributed by atoms with Gasteiger partial charge in [-0.3, -0.25) is 0 Å². The maximum Gasteiger partial charge on any atom is 1.00 e. The molecule has 43 nitrogen and oxygen atoms in total. The molecule has 0 bridgehead atoms. The van der Waals surface area contributed by atoms with E-state index in [1.807, 2.05) is 27.7 Å². The van der Waals surface area contributed by atoms with Crippen LogP contribution in [0.1, 0.15) is 58.7 Å². The van der Waals surface area contributed by atoms with Crippen molar-refractivity contribution in [2.75, 3.05) is 271 Å². The molecule has 18 atom stereocenters.